The maximum absolute atomic E-state index is 12.3. The van der Waals surface area contributed by atoms with Crippen molar-refractivity contribution in [3.63, 3.8) is 0 Å². The Morgan fingerprint density at radius 2 is 1.67 bits per heavy atom. The zero-order valence-electron chi connectivity index (χ0n) is 13.9. The number of carbonyl (C=O) groups excluding carboxylic acids is 1. The number of hydrogen-bond acceptors (Lipinski definition) is 3. The fraction of sp³-hybridized carbons (Fsp3) is 0.941. The minimum atomic E-state index is 0.383. The van der Waals surface area contributed by atoms with Crippen LogP contribution in [-0.4, -0.2) is 55.5 Å². The van der Waals surface area contributed by atoms with Gasteiger partial charge in [-0.25, -0.2) is 0 Å². The number of likely N-dealkylation sites (tertiary alicyclic amines) is 1. The molecule has 0 radical (unpaired) electrons. The third-order valence-corrected chi connectivity index (χ3v) is 5.25. The first-order valence-corrected chi connectivity index (χ1v) is 8.72. The predicted octanol–water partition coefficient (Wildman–Crippen LogP) is 2.08. The third kappa shape index (κ3) is 5.59. The number of carbonyl (C=O) groups is 1. The summed E-state index contributed by atoms with van der Waals surface area (Å²) in [6.45, 7) is 3.09. The molecule has 1 amide bonds. The van der Waals surface area contributed by atoms with Crippen molar-refractivity contribution in [1.29, 1.82) is 0 Å². The first-order chi connectivity index (χ1) is 10.0. The van der Waals surface area contributed by atoms with Crippen LogP contribution in [0.15, 0.2) is 0 Å². The summed E-state index contributed by atoms with van der Waals surface area (Å²) in [5.41, 5.74) is 5.94. The third-order valence-electron chi connectivity index (χ3n) is 5.25. The molecule has 1 heterocycles. The van der Waals surface area contributed by atoms with Crippen LogP contribution in [0.5, 0.6) is 0 Å². The zero-order chi connectivity index (χ0) is 15.2. The van der Waals surface area contributed by atoms with Crippen molar-refractivity contribution in [2.45, 2.75) is 57.4 Å². The van der Waals surface area contributed by atoms with Gasteiger partial charge in [-0.3, -0.25) is 4.79 Å². The molecule has 2 aliphatic rings. The van der Waals surface area contributed by atoms with Crippen LogP contribution >= 0.6 is 0 Å². The van der Waals surface area contributed by atoms with E-state index in [9.17, 15) is 4.79 Å². The van der Waals surface area contributed by atoms with Gasteiger partial charge in [-0.05, 0) is 70.9 Å². The smallest absolute Gasteiger partial charge is 0.222 e. The largest absolute Gasteiger partial charge is 0.343 e. The molecule has 0 bridgehead atoms. The molecular weight excluding hydrogens is 262 g/mol. The molecule has 2 N–H and O–H groups in total. The molecule has 0 unspecified atom stereocenters. The molecule has 2 fully saturated rings. The van der Waals surface area contributed by atoms with Gasteiger partial charge in [0.1, 0.15) is 0 Å². The van der Waals surface area contributed by atoms with Crippen molar-refractivity contribution in [3.8, 4) is 0 Å². The van der Waals surface area contributed by atoms with Crippen LogP contribution in [0.1, 0.15) is 51.4 Å². The lowest BCUT2D eigenvalue weighted by Gasteiger charge is -2.34. The highest BCUT2D eigenvalue weighted by Crippen LogP contribution is 2.27. The van der Waals surface area contributed by atoms with Crippen LogP contribution in [0.25, 0.3) is 0 Å². The standard InChI is InChI=1S/C17H33N3O/c1-19(2)13-15-9-11-20(12-10-15)17(21)8-5-14-3-6-16(18)7-4-14/h14-16H,3-13,18H2,1-2H3. The Kier molecular flexibility index (Phi) is 6.49. The lowest BCUT2D eigenvalue weighted by atomic mass is 9.83. The molecule has 2 rings (SSSR count). The number of nitrogens with two attached hydrogens (primary N) is 1. The second-order valence-electron chi connectivity index (χ2n) is 7.41. The van der Waals surface area contributed by atoms with E-state index in [0.29, 0.717) is 11.9 Å². The van der Waals surface area contributed by atoms with Gasteiger partial charge in [0.2, 0.25) is 5.91 Å². The monoisotopic (exact) mass is 295 g/mol. The molecule has 0 aromatic heterocycles. The normalized spacial score (nSPS) is 28.1. The van der Waals surface area contributed by atoms with E-state index in [1.807, 2.05) is 0 Å². The maximum atomic E-state index is 12.3. The second-order valence-corrected chi connectivity index (χ2v) is 7.41. The molecule has 0 aromatic carbocycles. The minimum Gasteiger partial charge on any atom is -0.343 e. The van der Waals surface area contributed by atoms with Gasteiger partial charge >= 0.3 is 0 Å². The molecule has 1 aliphatic heterocycles. The Bertz CT molecular complexity index is 316. The summed E-state index contributed by atoms with van der Waals surface area (Å²) in [5, 5.41) is 0. The van der Waals surface area contributed by atoms with Gasteiger partial charge in [-0.2, -0.15) is 0 Å². The van der Waals surface area contributed by atoms with Gasteiger partial charge < -0.3 is 15.5 Å². The first-order valence-electron chi connectivity index (χ1n) is 8.72. The van der Waals surface area contributed by atoms with Crippen molar-refractivity contribution in [2.75, 3.05) is 33.7 Å². The summed E-state index contributed by atoms with van der Waals surface area (Å²) in [7, 11) is 4.27. The second kappa shape index (κ2) is 8.14. The first kappa shape index (κ1) is 16.8. The average molecular weight is 295 g/mol. The summed E-state index contributed by atoms with van der Waals surface area (Å²) in [4.78, 5) is 16.7. The quantitative estimate of drug-likeness (QED) is 0.845. The number of piperidine rings is 1. The van der Waals surface area contributed by atoms with Gasteiger partial charge in [0.05, 0.1) is 0 Å². The van der Waals surface area contributed by atoms with Crippen LogP contribution in [0.4, 0.5) is 0 Å². The number of hydrogen-bond donors (Lipinski definition) is 1. The molecule has 0 atom stereocenters. The lowest BCUT2D eigenvalue weighted by molar-refractivity contribution is -0.133. The number of amides is 1. The Morgan fingerprint density at radius 1 is 1.05 bits per heavy atom. The molecule has 21 heavy (non-hydrogen) atoms. The van der Waals surface area contributed by atoms with Crippen LogP contribution in [0.3, 0.4) is 0 Å². The molecule has 122 valence electrons. The fourth-order valence-corrected chi connectivity index (χ4v) is 3.84. The SMILES string of the molecule is CN(C)CC1CCN(C(=O)CCC2CCC(N)CC2)CC1. The number of rotatable bonds is 5. The predicted molar refractivity (Wildman–Crippen MR) is 87.0 cm³/mol. The summed E-state index contributed by atoms with van der Waals surface area (Å²) in [6.07, 6.45) is 8.90. The van der Waals surface area contributed by atoms with Crippen LogP contribution in [0.2, 0.25) is 0 Å². The van der Waals surface area contributed by atoms with E-state index >= 15 is 0 Å². The summed E-state index contributed by atoms with van der Waals surface area (Å²) in [5.74, 6) is 1.89. The molecule has 0 spiro atoms. The topological polar surface area (TPSA) is 49.6 Å². The van der Waals surface area contributed by atoms with E-state index in [2.05, 4.69) is 23.9 Å². The van der Waals surface area contributed by atoms with Crippen molar-refractivity contribution < 1.29 is 4.79 Å². The van der Waals surface area contributed by atoms with Gasteiger partial charge in [0.25, 0.3) is 0 Å². The van der Waals surface area contributed by atoms with E-state index in [-0.39, 0.29) is 0 Å². The Morgan fingerprint density at radius 3 is 2.24 bits per heavy atom. The van der Waals surface area contributed by atoms with Gasteiger partial charge in [-0.1, -0.05) is 0 Å². The summed E-state index contributed by atoms with van der Waals surface area (Å²) in [6, 6.07) is 0.410. The molecule has 1 saturated carbocycles. The lowest BCUT2D eigenvalue weighted by Crippen LogP contribution is -2.40. The summed E-state index contributed by atoms with van der Waals surface area (Å²) < 4.78 is 0. The van der Waals surface area contributed by atoms with E-state index in [1.165, 1.54) is 25.7 Å². The number of nitrogens with zero attached hydrogens (tertiary/aromatic N) is 2. The fourth-order valence-electron chi connectivity index (χ4n) is 3.84. The van der Waals surface area contributed by atoms with Gasteiger partial charge in [-0.15, -0.1) is 0 Å². The van der Waals surface area contributed by atoms with E-state index in [1.54, 1.807) is 0 Å². The van der Waals surface area contributed by atoms with Gasteiger partial charge in [0.15, 0.2) is 0 Å². The molecule has 0 aromatic rings. The van der Waals surface area contributed by atoms with Crippen molar-refractivity contribution in [2.24, 2.45) is 17.6 Å². The van der Waals surface area contributed by atoms with Crippen LogP contribution < -0.4 is 5.73 Å². The highest BCUT2D eigenvalue weighted by atomic mass is 16.2. The minimum absolute atomic E-state index is 0.383. The highest BCUT2D eigenvalue weighted by molar-refractivity contribution is 5.76. The Hall–Kier alpha value is -0.610. The molecular formula is C17H33N3O. The zero-order valence-corrected chi connectivity index (χ0v) is 13.9. The highest BCUT2D eigenvalue weighted by Gasteiger charge is 2.24. The summed E-state index contributed by atoms with van der Waals surface area (Å²) >= 11 is 0. The molecule has 1 saturated heterocycles. The van der Waals surface area contributed by atoms with Crippen molar-refractivity contribution >= 4 is 5.91 Å². The van der Waals surface area contributed by atoms with E-state index in [0.717, 1.165) is 57.2 Å². The maximum Gasteiger partial charge on any atom is 0.222 e. The average Bonchev–Trinajstić information content (AvgIpc) is 2.46. The molecule has 4 nitrogen and oxygen atoms in total. The molecule has 4 heteroatoms. The van der Waals surface area contributed by atoms with E-state index < -0.39 is 0 Å². The van der Waals surface area contributed by atoms with Crippen molar-refractivity contribution in [3.05, 3.63) is 0 Å². The van der Waals surface area contributed by atoms with Gasteiger partial charge in [0, 0.05) is 32.1 Å². The van der Waals surface area contributed by atoms with Crippen LogP contribution in [0, 0.1) is 11.8 Å². The molecule has 1 aliphatic carbocycles. The van der Waals surface area contributed by atoms with Crippen LogP contribution in [-0.2, 0) is 4.79 Å². The van der Waals surface area contributed by atoms with E-state index in [4.69, 9.17) is 5.73 Å². The Labute approximate surface area is 130 Å². The Balaban J connectivity index is 1.63. The van der Waals surface area contributed by atoms with Crippen molar-refractivity contribution in [1.82, 2.24) is 9.80 Å².